The smallest absolute Gasteiger partial charge is 0.260 e. The van der Waals surface area contributed by atoms with Crippen molar-refractivity contribution in [2.75, 3.05) is 6.54 Å². The van der Waals surface area contributed by atoms with Crippen molar-refractivity contribution in [2.24, 2.45) is 12.8 Å². The zero-order chi connectivity index (χ0) is 14.0. The van der Waals surface area contributed by atoms with E-state index in [1.165, 1.54) is 6.20 Å². The molecule has 1 rings (SSSR count). The van der Waals surface area contributed by atoms with Gasteiger partial charge in [-0.15, -0.1) is 12.4 Å². The Morgan fingerprint density at radius 1 is 1.42 bits per heavy atom. The molecule has 0 radical (unpaired) electrons. The summed E-state index contributed by atoms with van der Waals surface area (Å²) < 4.78 is 28.9. The van der Waals surface area contributed by atoms with Gasteiger partial charge in [0.1, 0.15) is 5.82 Å². The van der Waals surface area contributed by atoms with Crippen molar-refractivity contribution in [1.82, 2.24) is 14.3 Å². The number of aryl methyl sites for hydroxylation is 2. The minimum atomic E-state index is -3.62. The lowest BCUT2D eigenvalue weighted by Crippen LogP contribution is -2.52. The molecule has 19 heavy (non-hydrogen) atoms. The third kappa shape index (κ3) is 3.92. The van der Waals surface area contributed by atoms with Crippen molar-refractivity contribution in [3.05, 3.63) is 12.0 Å². The fourth-order valence-corrected chi connectivity index (χ4v) is 3.31. The largest absolute Gasteiger partial charge is 0.337 e. The van der Waals surface area contributed by atoms with E-state index in [-0.39, 0.29) is 24.0 Å². The molecule has 0 atom stereocenters. The van der Waals surface area contributed by atoms with Crippen LogP contribution in [0.4, 0.5) is 0 Å². The van der Waals surface area contributed by atoms with Crippen LogP contribution in [0.2, 0.25) is 0 Å². The predicted octanol–water partition coefficient (Wildman–Crippen LogP) is 0.946. The number of nitrogens with two attached hydrogens (primary N) is 1. The van der Waals surface area contributed by atoms with Gasteiger partial charge in [-0.2, -0.15) is 0 Å². The summed E-state index contributed by atoms with van der Waals surface area (Å²) in [5.41, 5.74) is 5.10. The Hall–Kier alpha value is -0.630. The van der Waals surface area contributed by atoms with Gasteiger partial charge in [0.05, 0.1) is 0 Å². The van der Waals surface area contributed by atoms with E-state index < -0.39 is 15.6 Å². The van der Waals surface area contributed by atoms with Crippen LogP contribution in [0.5, 0.6) is 0 Å². The van der Waals surface area contributed by atoms with Crippen LogP contribution in [-0.4, -0.2) is 30.1 Å². The Labute approximate surface area is 121 Å². The van der Waals surface area contributed by atoms with Gasteiger partial charge in [-0.1, -0.05) is 13.8 Å². The maximum Gasteiger partial charge on any atom is 0.260 e. The molecule has 0 amide bonds. The molecule has 0 aliphatic rings. The number of aromatic nitrogens is 2. The molecular weight excluding hydrogens is 288 g/mol. The molecule has 3 N–H and O–H groups in total. The highest BCUT2D eigenvalue weighted by molar-refractivity contribution is 7.89. The molecule has 0 unspecified atom stereocenters. The Kier molecular flexibility index (Phi) is 6.47. The van der Waals surface area contributed by atoms with Crippen LogP contribution in [0.15, 0.2) is 11.2 Å². The normalized spacial score (nSPS) is 12.3. The monoisotopic (exact) mass is 310 g/mol. The Morgan fingerprint density at radius 3 is 2.26 bits per heavy atom. The molecule has 0 saturated heterocycles. The van der Waals surface area contributed by atoms with Crippen LogP contribution in [0.3, 0.4) is 0 Å². The second-order valence-electron chi connectivity index (χ2n) is 4.53. The molecular formula is C11H23ClN4O2S. The second-order valence-corrected chi connectivity index (χ2v) is 6.16. The van der Waals surface area contributed by atoms with E-state index in [0.29, 0.717) is 18.7 Å². The highest BCUT2D eigenvalue weighted by Gasteiger charge is 2.32. The first-order chi connectivity index (χ1) is 8.30. The van der Waals surface area contributed by atoms with Crippen molar-refractivity contribution >= 4 is 22.4 Å². The summed E-state index contributed by atoms with van der Waals surface area (Å²) in [5.74, 6) is 0.654. The lowest BCUT2D eigenvalue weighted by atomic mass is 9.95. The summed E-state index contributed by atoms with van der Waals surface area (Å²) in [6, 6.07) is 0. The Bertz CT molecular complexity index is 481. The standard InChI is InChI=1S/C11H22N4O2S.ClH/c1-5-11(6-2,8-12)14-18(16,17)10-7-15(4)9(3)13-10;/h7,14H,5-6,8,12H2,1-4H3;1H. The van der Waals surface area contributed by atoms with Crippen molar-refractivity contribution in [3.63, 3.8) is 0 Å². The molecule has 1 aromatic heterocycles. The molecule has 0 saturated carbocycles. The van der Waals surface area contributed by atoms with Gasteiger partial charge in [-0.05, 0) is 19.8 Å². The van der Waals surface area contributed by atoms with Crippen molar-refractivity contribution in [1.29, 1.82) is 0 Å². The van der Waals surface area contributed by atoms with Gasteiger partial charge in [0, 0.05) is 25.3 Å². The Balaban J connectivity index is 0.00000324. The van der Waals surface area contributed by atoms with Gasteiger partial charge in [-0.25, -0.2) is 18.1 Å². The van der Waals surface area contributed by atoms with Crippen molar-refractivity contribution in [3.8, 4) is 0 Å². The van der Waals surface area contributed by atoms with Crippen LogP contribution in [0.25, 0.3) is 0 Å². The maximum atomic E-state index is 12.2. The molecule has 0 aliphatic carbocycles. The predicted molar refractivity (Wildman–Crippen MR) is 77.9 cm³/mol. The average molecular weight is 311 g/mol. The first-order valence-corrected chi connectivity index (χ1v) is 7.52. The molecule has 1 aromatic rings. The summed E-state index contributed by atoms with van der Waals surface area (Å²) in [7, 11) is -1.86. The minimum absolute atomic E-state index is 0. The molecule has 6 nitrogen and oxygen atoms in total. The fraction of sp³-hybridized carbons (Fsp3) is 0.727. The van der Waals surface area contributed by atoms with Gasteiger partial charge in [0.25, 0.3) is 10.0 Å². The number of imidazole rings is 1. The summed E-state index contributed by atoms with van der Waals surface area (Å²) in [5, 5.41) is 0.0437. The third-order valence-electron chi connectivity index (χ3n) is 3.46. The summed E-state index contributed by atoms with van der Waals surface area (Å²) in [4.78, 5) is 4.04. The second kappa shape index (κ2) is 6.69. The lowest BCUT2D eigenvalue weighted by molar-refractivity contribution is 0.362. The van der Waals surface area contributed by atoms with Gasteiger partial charge in [0.2, 0.25) is 0 Å². The molecule has 112 valence electrons. The number of hydrogen-bond donors (Lipinski definition) is 2. The summed E-state index contributed by atoms with van der Waals surface area (Å²) in [6.45, 7) is 5.87. The van der Waals surface area contributed by atoms with Crippen LogP contribution in [-0.2, 0) is 17.1 Å². The number of hydrogen-bond acceptors (Lipinski definition) is 4. The van der Waals surface area contributed by atoms with Gasteiger partial charge in [0.15, 0.2) is 5.03 Å². The number of sulfonamides is 1. The van der Waals surface area contributed by atoms with E-state index in [1.54, 1.807) is 18.5 Å². The summed E-state index contributed by atoms with van der Waals surface area (Å²) >= 11 is 0. The van der Waals surface area contributed by atoms with Crippen molar-refractivity contribution in [2.45, 2.75) is 44.2 Å². The molecule has 8 heteroatoms. The molecule has 0 aromatic carbocycles. The molecule has 0 fully saturated rings. The van der Waals surface area contributed by atoms with E-state index in [9.17, 15) is 8.42 Å². The number of nitrogens with one attached hydrogen (secondary N) is 1. The Morgan fingerprint density at radius 2 is 1.95 bits per heavy atom. The van der Waals surface area contributed by atoms with E-state index in [4.69, 9.17) is 5.73 Å². The molecule has 0 spiro atoms. The molecule has 0 bridgehead atoms. The molecule has 1 heterocycles. The van der Waals surface area contributed by atoms with E-state index in [0.717, 1.165) is 0 Å². The lowest BCUT2D eigenvalue weighted by Gasteiger charge is -2.30. The average Bonchev–Trinajstić information content (AvgIpc) is 2.68. The van der Waals surface area contributed by atoms with Crippen LogP contribution in [0.1, 0.15) is 32.5 Å². The third-order valence-corrected chi connectivity index (χ3v) is 4.91. The van der Waals surface area contributed by atoms with Gasteiger partial charge < -0.3 is 10.3 Å². The van der Waals surface area contributed by atoms with E-state index in [1.807, 2.05) is 13.8 Å². The zero-order valence-electron chi connectivity index (χ0n) is 11.8. The van der Waals surface area contributed by atoms with Gasteiger partial charge in [-0.3, -0.25) is 0 Å². The minimum Gasteiger partial charge on any atom is -0.337 e. The maximum absolute atomic E-state index is 12.2. The van der Waals surface area contributed by atoms with Crippen LogP contribution in [0, 0.1) is 6.92 Å². The van der Waals surface area contributed by atoms with E-state index >= 15 is 0 Å². The van der Waals surface area contributed by atoms with Crippen LogP contribution < -0.4 is 10.5 Å². The highest BCUT2D eigenvalue weighted by atomic mass is 35.5. The zero-order valence-corrected chi connectivity index (χ0v) is 13.4. The van der Waals surface area contributed by atoms with Crippen molar-refractivity contribution < 1.29 is 8.42 Å². The quantitative estimate of drug-likeness (QED) is 0.818. The first-order valence-electron chi connectivity index (χ1n) is 6.04. The summed E-state index contributed by atoms with van der Waals surface area (Å²) in [6.07, 6.45) is 2.79. The number of halogens is 1. The van der Waals surface area contributed by atoms with E-state index in [2.05, 4.69) is 9.71 Å². The first kappa shape index (κ1) is 18.4. The topological polar surface area (TPSA) is 90.0 Å². The number of nitrogens with zero attached hydrogens (tertiary/aromatic N) is 2. The fourth-order valence-electron chi connectivity index (χ4n) is 1.72. The van der Waals surface area contributed by atoms with Crippen LogP contribution >= 0.6 is 12.4 Å². The highest BCUT2D eigenvalue weighted by Crippen LogP contribution is 2.18. The SMILES string of the molecule is CCC(CC)(CN)NS(=O)(=O)c1cn(C)c(C)n1.Cl. The number of rotatable bonds is 6. The van der Waals surface area contributed by atoms with Gasteiger partial charge >= 0.3 is 0 Å². The molecule has 0 aliphatic heterocycles.